The number of aromatic nitrogens is 3. The second kappa shape index (κ2) is 10.4. The van der Waals surface area contributed by atoms with Gasteiger partial charge in [0.1, 0.15) is 24.0 Å². The Hall–Kier alpha value is -2.67. The van der Waals surface area contributed by atoms with Crippen molar-refractivity contribution in [3.8, 4) is 5.75 Å². The smallest absolute Gasteiger partial charge is 0.230 e. The van der Waals surface area contributed by atoms with Gasteiger partial charge in [-0.05, 0) is 57.8 Å². The summed E-state index contributed by atoms with van der Waals surface area (Å²) in [5.74, 6) is 2.90. The second-order valence-electron chi connectivity index (χ2n) is 8.02. The molecule has 0 spiro atoms. The summed E-state index contributed by atoms with van der Waals surface area (Å²) in [5.41, 5.74) is 1.00. The van der Waals surface area contributed by atoms with Crippen LogP contribution in [0.15, 0.2) is 30.6 Å². The van der Waals surface area contributed by atoms with Crippen LogP contribution in [0.2, 0.25) is 0 Å². The maximum atomic E-state index is 5.83. The molecule has 0 atom stereocenters. The SMILES string of the molecule is C/C=C/c1cnc(Nc2ccc(OCCN3CCCC3)cn2)nc1NC1CCCC1. The molecule has 1 aliphatic heterocycles. The van der Waals surface area contributed by atoms with Crippen LogP contribution in [0.25, 0.3) is 6.08 Å². The molecule has 0 aromatic carbocycles. The van der Waals surface area contributed by atoms with Gasteiger partial charge in [0.2, 0.25) is 5.95 Å². The van der Waals surface area contributed by atoms with Gasteiger partial charge < -0.3 is 15.4 Å². The molecule has 1 saturated carbocycles. The molecule has 0 radical (unpaired) electrons. The molecule has 1 saturated heterocycles. The topological polar surface area (TPSA) is 75.2 Å². The van der Waals surface area contributed by atoms with Crippen molar-refractivity contribution < 1.29 is 4.74 Å². The Balaban J connectivity index is 1.35. The predicted molar refractivity (Wildman–Crippen MR) is 121 cm³/mol. The fourth-order valence-corrected chi connectivity index (χ4v) is 4.08. The molecule has 0 unspecified atom stereocenters. The lowest BCUT2D eigenvalue weighted by Crippen LogP contribution is -2.25. The van der Waals surface area contributed by atoms with Crippen LogP contribution in [-0.2, 0) is 0 Å². The molecular weight excluding hydrogens is 376 g/mol. The van der Waals surface area contributed by atoms with Crippen molar-refractivity contribution in [1.82, 2.24) is 19.9 Å². The molecule has 2 fully saturated rings. The number of hydrogen-bond donors (Lipinski definition) is 2. The van der Waals surface area contributed by atoms with Gasteiger partial charge in [0.15, 0.2) is 0 Å². The normalized spacial score (nSPS) is 17.6. The van der Waals surface area contributed by atoms with Gasteiger partial charge >= 0.3 is 0 Å². The Bertz CT molecular complexity index is 826. The first kappa shape index (κ1) is 20.6. The molecule has 0 bridgehead atoms. The first-order valence-electron chi connectivity index (χ1n) is 11.1. The van der Waals surface area contributed by atoms with E-state index in [1.165, 1.54) is 51.6 Å². The van der Waals surface area contributed by atoms with E-state index in [9.17, 15) is 0 Å². The highest BCUT2D eigenvalue weighted by Gasteiger charge is 2.17. The Morgan fingerprint density at radius 3 is 2.67 bits per heavy atom. The fourth-order valence-electron chi connectivity index (χ4n) is 4.08. The molecule has 30 heavy (non-hydrogen) atoms. The first-order valence-corrected chi connectivity index (χ1v) is 11.1. The largest absolute Gasteiger partial charge is 0.491 e. The van der Waals surface area contributed by atoms with Gasteiger partial charge in [0, 0.05) is 24.3 Å². The van der Waals surface area contributed by atoms with Gasteiger partial charge in [0.05, 0.1) is 6.20 Å². The predicted octanol–water partition coefficient (Wildman–Crippen LogP) is 4.48. The van der Waals surface area contributed by atoms with Crippen LogP contribution in [0.1, 0.15) is 51.0 Å². The van der Waals surface area contributed by atoms with Crippen molar-refractivity contribution in [2.75, 3.05) is 36.9 Å². The van der Waals surface area contributed by atoms with E-state index in [1.54, 1.807) is 6.20 Å². The van der Waals surface area contributed by atoms with Crippen molar-refractivity contribution in [3.63, 3.8) is 0 Å². The van der Waals surface area contributed by atoms with Gasteiger partial charge in [-0.1, -0.05) is 25.0 Å². The van der Waals surface area contributed by atoms with E-state index in [-0.39, 0.29) is 0 Å². The zero-order chi connectivity index (χ0) is 20.6. The van der Waals surface area contributed by atoms with E-state index < -0.39 is 0 Å². The van der Waals surface area contributed by atoms with Gasteiger partial charge in [-0.15, -0.1) is 0 Å². The van der Waals surface area contributed by atoms with Gasteiger partial charge in [-0.2, -0.15) is 4.98 Å². The molecule has 7 heteroatoms. The van der Waals surface area contributed by atoms with Crippen LogP contribution in [0.4, 0.5) is 17.6 Å². The summed E-state index contributed by atoms with van der Waals surface area (Å²) >= 11 is 0. The van der Waals surface area contributed by atoms with Crippen molar-refractivity contribution >= 4 is 23.7 Å². The summed E-state index contributed by atoms with van der Waals surface area (Å²) in [7, 11) is 0. The standard InChI is InChI=1S/C23H32N6O/c1-2-7-18-16-25-23(28-22(18)26-19-8-3-4-9-19)27-21-11-10-20(17-24-21)30-15-14-29-12-5-6-13-29/h2,7,10-11,16-17,19H,3-6,8-9,12-15H2,1H3,(H2,24,25,26,27,28)/b7-2+. The minimum absolute atomic E-state index is 0.492. The molecule has 1 aliphatic carbocycles. The minimum atomic E-state index is 0.492. The maximum absolute atomic E-state index is 5.83. The Labute approximate surface area is 179 Å². The van der Waals surface area contributed by atoms with E-state index in [1.807, 2.05) is 37.4 Å². The number of pyridine rings is 1. The third-order valence-electron chi connectivity index (χ3n) is 5.71. The van der Waals surface area contributed by atoms with E-state index in [4.69, 9.17) is 9.72 Å². The molecule has 4 rings (SSSR count). The number of hydrogen-bond acceptors (Lipinski definition) is 7. The van der Waals surface area contributed by atoms with E-state index in [2.05, 4.69) is 25.5 Å². The highest BCUT2D eigenvalue weighted by molar-refractivity contribution is 5.64. The second-order valence-corrected chi connectivity index (χ2v) is 8.02. The number of anilines is 3. The summed E-state index contributed by atoms with van der Waals surface area (Å²) in [6.07, 6.45) is 15.2. The number of allylic oxidation sites excluding steroid dienone is 1. The van der Waals surface area contributed by atoms with E-state index in [0.717, 1.165) is 23.7 Å². The molecular formula is C23H32N6O. The molecule has 3 heterocycles. The molecule has 7 nitrogen and oxygen atoms in total. The van der Waals surface area contributed by atoms with Crippen molar-refractivity contribution in [2.45, 2.75) is 51.5 Å². The molecule has 2 N–H and O–H groups in total. The summed E-state index contributed by atoms with van der Waals surface area (Å²) < 4.78 is 5.83. The first-order chi connectivity index (χ1) is 14.8. The maximum Gasteiger partial charge on any atom is 0.230 e. The number of ether oxygens (including phenoxy) is 1. The van der Waals surface area contributed by atoms with Crippen LogP contribution < -0.4 is 15.4 Å². The van der Waals surface area contributed by atoms with Gasteiger partial charge in [0.25, 0.3) is 0 Å². The van der Waals surface area contributed by atoms with Crippen LogP contribution in [0.5, 0.6) is 5.75 Å². The Kier molecular flexibility index (Phi) is 7.13. The summed E-state index contributed by atoms with van der Waals surface area (Å²) in [6.45, 7) is 6.05. The third kappa shape index (κ3) is 5.69. The van der Waals surface area contributed by atoms with Crippen LogP contribution >= 0.6 is 0 Å². The number of nitrogens with one attached hydrogen (secondary N) is 2. The van der Waals surface area contributed by atoms with Crippen LogP contribution in [-0.4, -0.2) is 52.1 Å². The van der Waals surface area contributed by atoms with Crippen molar-refractivity contribution in [3.05, 3.63) is 36.2 Å². The molecule has 0 amide bonds. The van der Waals surface area contributed by atoms with Crippen LogP contribution in [0.3, 0.4) is 0 Å². The van der Waals surface area contributed by atoms with Gasteiger partial charge in [-0.25, -0.2) is 9.97 Å². The molecule has 2 aliphatic rings. The van der Waals surface area contributed by atoms with E-state index >= 15 is 0 Å². The molecule has 2 aromatic rings. The average Bonchev–Trinajstić information content (AvgIpc) is 3.46. The zero-order valence-corrected chi connectivity index (χ0v) is 17.8. The van der Waals surface area contributed by atoms with Crippen LogP contribution in [0, 0.1) is 0 Å². The average molecular weight is 409 g/mol. The monoisotopic (exact) mass is 408 g/mol. The highest BCUT2D eigenvalue weighted by atomic mass is 16.5. The summed E-state index contributed by atoms with van der Waals surface area (Å²) in [4.78, 5) is 16.1. The lowest BCUT2D eigenvalue weighted by Gasteiger charge is -2.16. The number of rotatable bonds is 9. The fraction of sp³-hybridized carbons (Fsp3) is 0.522. The summed E-state index contributed by atoms with van der Waals surface area (Å²) in [5, 5.41) is 6.79. The van der Waals surface area contributed by atoms with Crippen molar-refractivity contribution in [2.24, 2.45) is 0 Å². The van der Waals surface area contributed by atoms with Gasteiger partial charge in [-0.3, -0.25) is 4.90 Å². The minimum Gasteiger partial charge on any atom is -0.491 e. The summed E-state index contributed by atoms with van der Waals surface area (Å²) in [6, 6.07) is 4.33. The molecule has 160 valence electrons. The number of likely N-dealkylation sites (tertiary alicyclic amines) is 1. The van der Waals surface area contributed by atoms with Crippen molar-refractivity contribution in [1.29, 1.82) is 0 Å². The Morgan fingerprint density at radius 1 is 1.10 bits per heavy atom. The molecule has 2 aromatic heterocycles. The highest BCUT2D eigenvalue weighted by Crippen LogP contribution is 2.25. The number of nitrogens with zero attached hydrogens (tertiary/aromatic N) is 4. The lowest BCUT2D eigenvalue weighted by molar-refractivity contribution is 0.237. The third-order valence-corrected chi connectivity index (χ3v) is 5.71. The lowest BCUT2D eigenvalue weighted by atomic mass is 10.2. The van der Waals surface area contributed by atoms with E-state index in [0.29, 0.717) is 24.4 Å². The zero-order valence-electron chi connectivity index (χ0n) is 17.8. The Morgan fingerprint density at radius 2 is 1.93 bits per heavy atom. The quantitative estimate of drug-likeness (QED) is 0.634.